The van der Waals surface area contributed by atoms with Crippen LogP contribution in [0.1, 0.15) is 25.7 Å². The van der Waals surface area contributed by atoms with Crippen LogP contribution in [0.4, 0.5) is 0 Å². The van der Waals surface area contributed by atoms with Crippen LogP contribution < -0.4 is 0 Å². The maximum Gasteiger partial charge on any atom is 0.0499 e. The van der Waals surface area contributed by atoms with Crippen molar-refractivity contribution in [2.45, 2.75) is 36.4 Å². The molecule has 2 atom stereocenters. The molecule has 1 aliphatic carbocycles. The van der Waals surface area contributed by atoms with Crippen molar-refractivity contribution in [3.63, 3.8) is 0 Å². The third-order valence-electron chi connectivity index (χ3n) is 1.60. The van der Waals surface area contributed by atoms with E-state index in [0.29, 0.717) is 0 Å². The van der Waals surface area contributed by atoms with Gasteiger partial charge in [0.25, 0.3) is 0 Å². The van der Waals surface area contributed by atoms with E-state index in [1.165, 1.54) is 12.8 Å². The lowest BCUT2D eigenvalue weighted by Crippen LogP contribution is -2.19. The molecule has 1 aliphatic rings. The van der Waals surface area contributed by atoms with Crippen LogP contribution in [0, 0.1) is 0 Å². The van der Waals surface area contributed by atoms with E-state index in [1.54, 1.807) is 0 Å². The second-order valence-electron chi connectivity index (χ2n) is 2.32. The van der Waals surface area contributed by atoms with Crippen LogP contribution >= 0.6 is 23.2 Å². The Balaban J connectivity index is 2.28. The molecule has 1 rings (SSSR count). The average molecular weight is 153 g/mol. The molecule has 0 radical (unpaired) electrons. The third kappa shape index (κ3) is 1.53. The van der Waals surface area contributed by atoms with Crippen molar-refractivity contribution in [2.24, 2.45) is 0 Å². The van der Waals surface area contributed by atoms with Gasteiger partial charge in [-0.25, -0.2) is 0 Å². The van der Waals surface area contributed by atoms with Crippen LogP contribution in [-0.4, -0.2) is 10.8 Å². The molecule has 0 saturated heterocycles. The number of rotatable bonds is 0. The van der Waals surface area contributed by atoms with Gasteiger partial charge in [-0.15, -0.1) is 23.2 Å². The fraction of sp³-hybridized carbons (Fsp3) is 1.00. The normalized spacial score (nSPS) is 39.8. The quantitative estimate of drug-likeness (QED) is 0.469. The Labute approximate surface area is 60.2 Å². The smallest absolute Gasteiger partial charge is 0.0499 e. The molecule has 0 aliphatic heterocycles. The van der Waals surface area contributed by atoms with Crippen molar-refractivity contribution in [3.05, 3.63) is 0 Å². The molecule has 0 heterocycles. The molecule has 0 nitrogen and oxygen atoms in total. The van der Waals surface area contributed by atoms with E-state index in [0.717, 1.165) is 12.8 Å². The van der Waals surface area contributed by atoms with E-state index in [1.807, 2.05) is 0 Å². The van der Waals surface area contributed by atoms with E-state index in [2.05, 4.69) is 0 Å². The van der Waals surface area contributed by atoms with E-state index in [9.17, 15) is 0 Å². The van der Waals surface area contributed by atoms with Crippen molar-refractivity contribution in [1.29, 1.82) is 0 Å². The molecule has 48 valence electrons. The number of hydrogen-bond donors (Lipinski definition) is 0. The fourth-order valence-electron chi connectivity index (χ4n) is 1.04. The number of alkyl halides is 2. The van der Waals surface area contributed by atoms with Crippen LogP contribution in [0.3, 0.4) is 0 Å². The summed E-state index contributed by atoms with van der Waals surface area (Å²) in [4.78, 5) is 0. The first-order valence-corrected chi connectivity index (χ1v) is 3.96. The predicted octanol–water partition coefficient (Wildman–Crippen LogP) is 2.78. The average Bonchev–Trinajstić information content (AvgIpc) is 1.77. The molecule has 0 spiro atoms. The van der Waals surface area contributed by atoms with Gasteiger partial charge in [0.1, 0.15) is 0 Å². The van der Waals surface area contributed by atoms with Gasteiger partial charge in [0.15, 0.2) is 0 Å². The van der Waals surface area contributed by atoms with Crippen LogP contribution in [0.15, 0.2) is 0 Å². The standard InChI is InChI=1S/C6H10Cl2/c7-5-3-1-2-4-6(5)8/h5-6H,1-4H2/t5-,6?/m1/s1. The highest BCUT2D eigenvalue weighted by atomic mass is 35.5. The Morgan fingerprint density at radius 2 is 1.25 bits per heavy atom. The molecule has 0 aromatic carbocycles. The summed E-state index contributed by atoms with van der Waals surface area (Å²) in [6, 6.07) is 0. The molecule has 1 unspecified atom stereocenters. The molecule has 1 fully saturated rings. The highest BCUT2D eigenvalue weighted by molar-refractivity contribution is 6.30. The second-order valence-corrected chi connectivity index (χ2v) is 3.44. The third-order valence-corrected chi connectivity index (χ3v) is 2.78. The van der Waals surface area contributed by atoms with E-state index >= 15 is 0 Å². The van der Waals surface area contributed by atoms with Gasteiger partial charge in [0, 0.05) is 10.8 Å². The van der Waals surface area contributed by atoms with Gasteiger partial charge in [-0.2, -0.15) is 0 Å². The topological polar surface area (TPSA) is 0 Å². The first kappa shape index (κ1) is 6.70. The Kier molecular flexibility index (Phi) is 2.45. The van der Waals surface area contributed by atoms with Gasteiger partial charge < -0.3 is 0 Å². The van der Waals surface area contributed by atoms with Gasteiger partial charge in [0.2, 0.25) is 0 Å². The predicted molar refractivity (Wildman–Crippen MR) is 37.8 cm³/mol. The lowest BCUT2D eigenvalue weighted by molar-refractivity contribution is 0.517. The molecular weight excluding hydrogens is 143 g/mol. The van der Waals surface area contributed by atoms with Crippen LogP contribution in [-0.2, 0) is 0 Å². The summed E-state index contributed by atoms with van der Waals surface area (Å²) >= 11 is 11.7. The van der Waals surface area contributed by atoms with Gasteiger partial charge >= 0.3 is 0 Å². The van der Waals surface area contributed by atoms with Gasteiger partial charge in [-0.3, -0.25) is 0 Å². The lowest BCUT2D eigenvalue weighted by atomic mass is 10.00. The van der Waals surface area contributed by atoms with E-state index in [-0.39, 0.29) is 10.8 Å². The molecule has 0 aromatic rings. The zero-order valence-corrected chi connectivity index (χ0v) is 6.25. The van der Waals surface area contributed by atoms with Gasteiger partial charge in [-0.05, 0) is 12.8 Å². The lowest BCUT2D eigenvalue weighted by Gasteiger charge is -2.20. The number of halogens is 2. The van der Waals surface area contributed by atoms with Crippen LogP contribution in [0.2, 0.25) is 0 Å². The zero-order valence-electron chi connectivity index (χ0n) is 4.74. The largest absolute Gasteiger partial charge is 0.121 e. The fourth-order valence-corrected chi connectivity index (χ4v) is 1.60. The summed E-state index contributed by atoms with van der Waals surface area (Å²) in [5.41, 5.74) is 0. The summed E-state index contributed by atoms with van der Waals surface area (Å²) in [7, 11) is 0. The number of hydrogen-bond acceptors (Lipinski definition) is 0. The molecule has 8 heavy (non-hydrogen) atoms. The molecular formula is C6H10Cl2. The van der Waals surface area contributed by atoms with Crippen LogP contribution in [0.5, 0.6) is 0 Å². The summed E-state index contributed by atoms with van der Waals surface area (Å²) < 4.78 is 0. The van der Waals surface area contributed by atoms with E-state index < -0.39 is 0 Å². The molecule has 0 N–H and O–H groups in total. The van der Waals surface area contributed by atoms with Crippen LogP contribution in [0.25, 0.3) is 0 Å². The highest BCUT2D eigenvalue weighted by Gasteiger charge is 2.19. The molecule has 0 bridgehead atoms. The summed E-state index contributed by atoms with van der Waals surface area (Å²) in [5.74, 6) is 0. The minimum Gasteiger partial charge on any atom is -0.121 e. The van der Waals surface area contributed by atoms with Gasteiger partial charge in [0.05, 0.1) is 0 Å². The molecule has 0 amide bonds. The van der Waals surface area contributed by atoms with Crippen molar-refractivity contribution >= 4 is 23.2 Å². The highest BCUT2D eigenvalue weighted by Crippen LogP contribution is 2.26. The van der Waals surface area contributed by atoms with Gasteiger partial charge in [-0.1, -0.05) is 12.8 Å². The molecule has 1 saturated carbocycles. The Hall–Kier alpha value is 0.580. The first-order chi connectivity index (χ1) is 3.80. The molecule has 2 heteroatoms. The first-order valence-electron chi connectivity index (χ1n) is 3.09. The Morgan fingerprint density at radius 3 is 1.50 bits per heavy atom. The maximum absolute atomic E-state index is 5.84. The maximum atomic E-state index is 5.84. The van der Waals surface area contributed by atoms with Crippen molar-refractivity contribution in [1.82, 2.24) is 0 Å². The van der Waals surface area contributed by atoms with Crippen molar-refractivity contribution in [2.75, 3.05) is 0 Å². The Morgan fingerprint density at radius 1 is 0.875 bits per heavy atom. The summed E-state index contributed by atoms with van der Waals surface area (Å²) in [5, 5.41) is 0.482. The minimum absolute atomic E-state index is 0.241. The second kappa shape index (κ2) is 2.93. The Bertz CT molecular complexity index is 62.9. The summed E-state index contributed by atoms with van der Waals surface area (Å²) in [6.45, 7) is 0. The monoisotopic (exact) mass is 152 g/mol. The minimum atomic E-state index is 0.241. The summed E-state index contributed by atoms with van der Waals surface area (Å²) in [6.07, 6.45) is 4.74. The van der Waals surface area contributed by atoms with Crippen molar-refractivity contribution < 1.29 is 0 Å². The zero-order chi connectivity index (χ0) is 5.98. The van der Waals surface area contributed by atoms with Crippen molar-refractivity contribution in [3.8, 4) is 0 Å². The van der Waals surface area contributed by atoms with E-state index in [4.69, 9.17) is 23.2 Å². The SMILES string of the molecule is ClC1CCCC[C@H]1Cl. The molecule has 0 aromatic heterocycles.